The van der Waals surface area contributed by atoms with E-state index in [1.165, 1.54) is 4.90 Å². The number of carbonyl (C=O) groups is 2. The van der Waals surface area contributed by atoms with Crippen LogP contribution in [0.5, 0.6) is 0 Å². The van der Waals surface area contributed by atoms with Crippen molar-refractivity contribution in [1.29, 1.82) is 0 Å². The van der Waals surface area contributed by atoms with E-state index in [1.54, 1.807) is 20.9 Å². The van der Waals surface area contributed by atoms with Crippen LogP contribution in [0, 0.1) is 0 Å². The SMILES string of the molecule is CN(C)CCNC(=O)C(C)(C)N(C)C=O. The molecule has 2 amide bonds. The van der Waals surface area contributed by atoms with Gasteiger partial charge in [0.15, 0.2) is 0 Å². The molecule has 1 N–H and O–H groups in total. The maximum atomic E-state index is 11.7. The van der Waals surface area contributed by atoms with Gasteiger partial charge in [-0.05, 0) is 27.9 Å². The minimum atomic E-state index is -0.798. The molecule has 0 aromatic rings. The lowest BCUT2D eigenvalue weighted by Crippen LogP contribution is -2.53. The van der Waals surface area contributed by atoms with Crippen LogP contribution in [0.1, 0.15) is 13.8 Å². The van der Waals surface area contributed by atoms with Crippen molar-refractivity contribution in [2.45, 2.75) is 19.4 Å². The van der Waals surface area contributed by atoms with Gasteiger partial charge >= 0.3 is 0 Å². The summed E-state index contributed by atoms with van der Waals surface area (Å²) in [4.78, 5) is 25.6. The van der Waals surface area contributed by atoms with Crippen molar-refractivity contribution in [3.05, 3.63) is 0 Å². The minimum Gasteiger partial charge on any atom is -0.353 e. The molecule has 0 atom stereocenters. The number of hydrogen-bond acceptors (Lipinski definition) is 3. The largest absolute Gasteiger partial charge is 0.353 e. The third-order valence-corrected chi connectivity index (χ3v) is 2.44. The van der Waals surface area contributed by atoms with E-state index in [-0.39, 0.29) is 5.91 Å². The second-order valence-corrected chi connectivity index (χ2v) is 4.33. The smallest absolute Gasteiger partial charge is 0.245 e. The highest BCUT2D eigenvalue weighted by atomic mass is 16.2. The maximum absolute atomic E-state index is 11.7. The van der Waals surface area contributed by atoms with E-state index in [0.717, 1.165) is 6.54 Å². The highest BCUT2D eigenvalue weighted by Crippen LogP contribution is 2.09. The van der Waals surface area contributed by atoms with Gasteiger partial charge < -0.3 is 15.1 Å². The third-order valence-electron chi connectivity index (χ3n) is 2.44. The number of carbonyl (C=O) groups excluding carboxylic acids is 2. The Kier molecular flexibility index (Phi) is 5.28. The van der Waals surface area contributed by atoms with Crippen LogP contribution in [0.2, 0.25) is 0 Å². The van der Waals surface area contributed by atoms with Gasteiger partial charge in [0.05, 0.1) is 0 Å². The van der Waals surface area contributed by atoms with E-state index in [2.05, 4.69) is 5.32 Å². The van der Waals surface area contributed by atoms with Crippen molar-refractivity contribution in [2.75, 3.05) is 34.2 Å². The van der Waals surface area contributed by atoms with Gasteiger partial charge in [-0.15, -0.1) is 0 Å². The Hall–Kier alpha value is -1.10. The first-order chi connectivity index (χ1) is 6.82. The molecule has 5 nitrogen and oxygen atoms in total. The number of amides is 2. The highest BCUT2D eigenvalue weighted by molar-refractivity contribution is 5.87. The minimum absolute atomic E-state index is 0.140. The molecule has 0 aliphatic heterocycles. The Labute approximate surface area is 91.4 Å². The maximum Gasteiger partial charge on any atom is 0.245 e. The van der Waals surface area contributed by atoms with Crippen LogP contribution < -0.4 is 5.32 Å². The molecule has 0 aromatic heterocycles. The second kappa shape index (κ2) is 5.70. The first-order valence-electron chi connectivity index (χ1n) is 4.93. The molecule has 0 aliphatic rings. The van der Waals surface area contributed by atoms with Crippen LogP contribution in [-0.2, 0) is 9.59 Å². The standard InChI is InChI=1S/C10H21N3O2/c1-10(2,13(5)8-14)9(15)11-6-7-12(3)4/h8H,6-7H2,1-5H3,(H,11,15). The zero-order valence-corrected chi connectivity index (χ0v) is 10.2. The van der Waals surface area contributed by atoms with E-state index < -0.39 is 5.54 Å². The summed E-state index contributed by atoms with van der Waals surface area (Å²) >= 11 is 0. The molecule has 0 saturated carbocycles. The number of likely N-dealkylation sites (N-methyl/N-ethyl adjacent to an activating group) is 2. The number of rotatable bonds is 6. The zero-order chi connectivity index (χ0) is 12.1. The van der Waals surface area contributed by atoms with Gasteiger partial charge in [0.2, 0.25) is 12.3 Å². The average molecular weight is 215 g/mol. The van der Waals surface area contributed by atoms with Gasteiger partial charge in [-0.1, -0.05) is 0 Å². The fourth-order valence-corrected chi connectivity index (χ4v) is 0.901. The van der Waals surface area contributed by atoms with Crippen LogP contribution >= 0.6 is 0 Å². The van der Waals surface area contributed by atoms with Crippen molar-refractivity contribution in [3.63, 3.8) is 0 Å². The predicted molar refractivity (Wildman–Crippen MR) is 59.5 cm³/mol. The Balaban J connectivity index is 4.14. The first-order valence-corrected chi connectivity index (χ1v) is 4.93. The van der Waals surface area contributed by atoms with Gasteiger partial charge in [-0.3, -0.25) is 9.59 Å². The summed E-state index contributed by atoms with van der Waals surface area (Å²) in [5, 5.41) is 2.79. The molecule has 0 radical (unpaired) electrons. The molecule has 15 heavy (non-hydrogen) atoms. The molecule has 0 heterocycles. The summed E-state index contributed by atoms with van der Waals surface area (Å²) < 4.78 is 0. The molecule has 0 spiro atoms. The molecule has 0 bridgehead atoms. The van der Waals surface area contributed by atoms with Crippen LogP contribution in [-0.4, -0.2) is 61.9 Å². The average Bonchev–Trinajstić information content (AvgIpc) is 2.15. The number of hydrogen-bond donors (Lipinski definition) is 1. The van der Waals surface area contributed by atoms with Crippen LogP contribution in [0.4, 0.5) is 0 Å². The second-order valence-electron chi connectivity index (χ2n) is 4.33. The molecule has 0 aliphatic carbocycles. The molecule has 0 fully saturated rings. The summed E-state index contributed by atoms with van der Waals surface area (Å²) in [5.74, 6) is -0.140. The Morgan fingerprint density at radius 3 is 2.27 bits per heavy atom. The number of nitrogens with one attached hydrogen (secondary N) is 1. The molecule has 0 rings (SSSR count). The highest BCUT2D eigenvalue weighted by Gasteiger charge is 2.31. The predicted octanol–water partition coefficient (Wildman–Crippen LogP) is -0.469. The Morgan fingerprint density at radius 1 is 1.33 bits per heavy atom. The van der Waals surface area contributed by atoms with Gasteiger partial charge in [0, 0.05) is 20.1 Å². The quantitative estimate of drug-likeness (QED) is 0.610. The molecule has 5 heteroatoms. The van der Waals surface area contributed by atoms with Crippen LogP contribution in [0.25, 0.3) is 0 Å². The summed E-state index contributed by atoms with van der Waals surface area (Å²) in [5.41, 5.74) is -0.798. The third kappa shape index (κ3) is 4.29. The zero-order valence-electron chi connectivity index (χ0n) is 10.2. The summed E-state index contributed by atoms with van der Waals surface area (Å²) in [7, 11) is 5.47. The van der Waals surface area contributed by atoms with E-state index in [9.17, 15) is 9.59 Å². The van der Waals surface area contributed by atoms with E-state index >= 15 is 0 Å². The van der Waals surface area contributed by atoms with E-state index in [4.69, 9.17) is 0 Å². The summed E-state index contributed by atoms with van der Waals surface area (Å²) in [6.07, 6.45) is 0.658. The van der Waals surface area contributed by atoms with Crippen molar-refractivity contribution in [2.24, 2.45) is 0 Å². The fourth-order valence-electron chi connectivity index (χ4n) is 0.901. The topological polar surface area (TPSA) is 52.7 Å². The lowest BCUT2D eigenvalue weighted by atomic mass is 10.0. The molecule has 88 valence electrons. The van der Waals surface area contributed by atoms with E-state index in [0.29, 0.717) is 13.0 Å². The van der Waals surface area contributed by atoms with Gasteiger partial charge in [-0.25, -0.2) is 0 Å². The normalized spacial score (nSPS) is 11.3. The van der Waals surface area contributed by atoms with Crippen LogP contribution in [0.3, 0.4) is 0 Å². The van der Waals surface area contributed by atoms with Crippen molar-refractivity contribution in [1.82, 2.24) is 15.1 Å². The molecule has 0 aromatic carbocycles. The van der Waals surface area contributed by atoms with Crippen molar-refractivity contribution < 1.29 is 9.59 Å². The monoisotopic (exact) mass is 215 g/mol. The lowest BCUT2D eigenvalue weighted by molar-refractivity contribution is -0.137. The van der Waals surface area contributed by atoms with E-state index in [1.807, 2.05) is 19.0 Å². The fraction of sp³-hybridized carbons (Fsp3) is 0.800. The van der Waals surface area contributed by atoms with Crippen molar-refractivity contribution >= 4 is 12.3 Å². The van der Waals surface area contributed by atoms with Gasteiger partial charge in [0.1, 0.15) is 5.54 Å². The Bertz CT molecular complexity index is 227. The van der Waals surface area contributed by atoms with Gasteiger partial charge in [-0.2, -0.15) is 0 Å². The lowest BCUT2D eigenvalue weighted by Gasteiger charge is -2.31. The first kappa shape index (κ1) is 13.9. The molecular weight excluding hydrogens is 194 g/mol. The summed E-state index contributed by atoms with van der Waals surface area (Å²) in [6.45, 7) is 4.80. The number of nitrogens with zero attached hydrogens (tertiary/aromatic N) is 2. The van der Waals surface area contributed by atoms with Gasteiger partial charge in [0.25, 0.3) is 0 Å². The summed E-state index contributed by atoms with van der Waals surface area (Å²) in [6, 6.07) is 0. The molecule has 0 saturated heterocycles. The Morgan fingerprint density at radius 2 is 1.87 bits per heavy atom. The van der Waals surface area contributed by atoms with Crippen molar-refractivity contribution in [3.8, 4) is 0 Å². The molecule has 0 unspecified atom stereocenters. The molecular formula is C10H21N3O2. The van der Waals surface area contributed by atoms with Crippen LogP contribution in [0.15, 0.2) is 0 Å².